The summed E-state index contributed by atoms with van der Waals surface area (Å²) in [6.45, 7) is 2.01. The molecule has 0 aliphatic heterocycles. The van der Waals surface area contributed by atoms with Gasteiger partial charge in [-0.1, -0.05) is 0 Å². The van der Waals surface area contributed by atoms with Crippen molar-refractivity contribution in [2.24, 2.45) is 11.8 Å². The highest BCUT2D eigenvalue weighted by molar-refractivity contribution is 7.09. The molecule has 2 atom stereocenters. The van der Waals surface area contributed by atoms with E-state index in [-0.39, 0.29) is 17.7 Å². The van der Waals surface area contributed by atoms with Crippen molar-refractivity contribution in [2.75, 3.05) is 11.1 Å². The van der Waals surface area contributed by atoms with Gasteiger partial charge in [-0.05, 0) is 59.6 Å². The van der Waals surface area contributed by atoms with Crippen LogP contribution < -0.4 is 11.1 Å². The summed E-state index contributed by atoms with van der Waals surface area (Å²) < 4.78 is 4.21. The number of nitrogen functional groups attached to an aromatic ring is 1. The molecule has 2 unspecified atom stereocenters. The van der Waals surface area contributed by atoms with Crippen molar-refractivity contribution >= 4 is 39.7 Å². The van der Waals surface area contributed by atoms with E-state index in [4.69, 9.17) is 11.0 Å². The molecular weight excluding hydrogens is 334 g/mol. The van der Waals surface area contributed by atoms with Gasteiger partial charge in [0.15, 0.2) is 0 Å². The lowest BCUT2D eigenvalue weighted by molar-refractivity contribution is -0.117. The smallest absolute Gasteiger partial charge is 0.230 e. The summed E-state index contributed by atoms with van der Waals surface area (Å²) in [6.07, 6.45) is 4.12. The van der Waals surface area contributed by atoms with Gasteiger partial charge in [0.2, 0.25) is 5.91 Å². The number of anilines is 2. The Hall–Kier alpha value is -2.98. The van der Waals surface area contributed by atoms with Crippen LogP contribution in [0.5, 0.6) is 0 Å². The number of carbonyl (C=O) groups excluding carboxylic acids is 1. The molecule has 1 aromatic carbocycles. The maximum atomic E-state index is 12.1. The molecule has 0 spiro atoms. The molecule has 1 amide bonds. The Bertz CT molecular complexity index is 1040. The van der Waals surface area contributed by atoms with Crippen LogP contribution in [0.1, 0.15) is 12.0 Å². The number of nitriles is 1. The van der Waals surface area contributed by atoms with Gasteiger partial charge in [0.05, 0.1) is 22.8 Å². The van der Waals surface area contributed by atoms with Gasteiger partial charge in [-0.3, -0.25) is 4.79 Å². The first-order valence-electron chi connectivity index (χ1n) is 7.88. The predicted octanol–water partition coefficient (Wildman–Crippen LogP) is 3.35. The molecule has 2 aromatic heterocycles. The van der Waals surface area contributed by atoms with E-state index in [1.807, 2.05) is 31.3 Å². The predicted molar refractivity (Wildman–Crippen MR) is 97.8 cm³/mol. The molecule has 0 radical (unpaired) electrons. The molecule has 1 fully saturated rings. The number of pyridine rings is 1. The quantitative estimate of drug-likeness (QED) is 0.706. The van der Waals surface area contributed by atoms with Crippen molar-refractivity contribution in [3.05, 3.63) is 36.2 Å². The average molecular weight is 349 g/mol. The van der Waals surface area contributed by atoms with Crippen LogP contribution in [-0.2, 0) is 4.79 Å². The third kappa shape index (κ3) is 2.81. The van der Waals surface area contributed by atoms with Crippen molar-refractivity contribution in [1.82, 2.24) is 9.36 Å². The summed E-state index contributed by atoms with van der Waals surface area (Å²) in [6, 6.07) is 7.88. The van der Waals surface area contributed by atoms with E-state index in [9.17, 15) is 4.79 Å². The number of carbonyl (C=O) groups is 1. The highest BCUT2D eigenvalue weighted by Crippen LogP contribution is 2.39. The molecule has 1 aliphatic carbocycles. The normalized spacial score (nSPS) is 18.7. The first-order valence-corrected chi connectivity index (χ1v) is 8.65. The molecule has 2 heterocycles. The maximum Gasteiger partial charge on any atom is 0.230 e. The SMILES string of the molecule is Cc1cnsc1-c1cc(N)c2cnc(NC(=O)C3CC3C#N)cc2c1. The van der Waals surface area contributed by atoms with Gasteiger partial charge in [0.1, 0.15) is 5.82 Å². The van der Waals surface area contributed by atoms with Crippen molar-refractivity contribution in [1.29, 1.82) is 5.26 Å². The fraction of sp³-hybridized carbons (Fsp3) is 0.222. The van der Waals surface area contributed by atoms with Crippen molar-refractivity contribution in [2.45, 2.75) is 13.3 Å². The lowest BCUT2D eigenvalue weighted by Crippen LogP contribution is -2.15. The molecule has 3 aromatic rings. The molecule has 3 N–H and O–H groups in total. The lowest BCUT2D eigenvalue weighted by Gasteiger charge is -2.09. The minimum Gasteiger partial charge on any atom is -0.398 e. The maximum absolute atomic E-state index is 12.1. The fourth-order valence-corrected chi connectivity index (χ4v) is 3.64. The van der Waals surface area contributed by atoms with Gasteiger partial charge in [0, 0.05) is 23.5 Å². The van der Waals surface area contributed by atoms with Crippen molar-refractivity contribution < 1.29 is 4.79 Å². The van der Waals surface area contributed by atoms with E-state index < -0.39 is 0 Å². The number of fused-ring (bicyclic) bond motifs is 1. The van der Waals surface area contributed by atoms with Crippen LogP contribution >= 0.6 is 11.5 Å². The zero-order valence-corrected chi connectivity index (χ0v) is 14.3. The molecule has 0 saturated heterocycles. The lowest BCUT2D eigenvalue weighted by atomic mass is 10.0. The van der Waals surface area contributed by atoms with Crippen LogP contribution in [-0.4, -0.2) is 15.3 Å². The van der Waals surface area contributed by atoms with E-state index in [1.165, 1.54) is 11.5 Å². The highest BCUT2D eigenvalue weighted by atomic mass is 32.1. The number of nitrogens with zero attached hydrogens (tertiary/aromatic N) is 3. The minimum absolute atomic E-state index is 0.152. The largest absolute Gasteiger partial charge is 0.398 e. The van der Waals surface area contributed by atoms with Crippen LogP contribution in [0.3, 0.4) is 0 Å². The summed E-state index contributed by atoms with van der Waals surface area (Å²) in [5.74, 6) is -0.0738. The number of nitrogens with two attached hydrogens (primary N) is 1. The number of nitrogens with one attached hydrogen (secondary N) is 1. The Morgan fingerprint density at radius 2 is 2.24 bits per heavy atom. The van der Waals surface area contributed by atoms with Crippen LogP contribution in [0.15, 0.2) is 30.6 Å². The monoisotopic (exact) mass is 349 g/mol. The summed E-state index contributed by atoms with van der Waals surface area (Å²) in [5, 5.41) is 13.4. The second kappa shape index (κ2) is 5.83. The average Bonchev–Trinajstić information content (AvgIpc) is 3.27. The molecule has 1 saturated carbocycles. The van der Waals surface area contributed by atoms with Crippen LogP contribution in [0.2, 0.25) is 0 Å². The third-order valence-corrected chi connectivity index (χ3v) is 5.38. The second-order valence-electron chi connectivity index (χ2n) is 6.26. The number of amides is 1. The van der Waals surface area contributed by atoms with E-state index >= 15 is 0 Å². The van der Waals surface area contributed by atoms with Crippen LogP contribution in [0.25, 0.3) is 21.2 Å². The highest BCUT2D eigenvalue weighted by Gasteiger charge is 2.43. The number of rotatable bonds is 3. The Morgan fingerprint density at radius 3 is 2.92 bits per heavy atom. The first kappa shape index (κ1) is 15.5. The Morgan fingerprint density at radius 1 is 1.40 bits per heavy atom. The Balaban J connectivity index is 1.68. The summed E-state index contributed by atoms with van der Waals surface area (Å²) in [4.78, 5) is 17.5. The van der Waals surface area contributed by atoms with Gasteiger partial charge >= 0.3 is 0 Å². The van der Waals surface area contributed by atoms with Crippen molar-refractivity contribution in [3.8, 4) is 16.5 Å². The standard InChI is InChI=1S/C18H15N5OS/c1-9-7-22-25-17(9)11-2-10-5-16(21-8-14(10)15(20)4-11)23-18(24)13-3-12(13)6-19/h2,4-5,7-8,12-13H,3,20H2,1H3,(H,21,23,24). The zero-order chi connectivity index (χ0) is 17.6. The number of hydrogen-bond donors (Lipinski definition) is 2. The molecule has 1 aliphatic rings. The molecule has 7 heteroatoms. The first-order chi connectivity index (χ1) is 12.1. The summed E-state index contributed by atoms with van der Waals surface area (Å²) >= 11 is 1.43. The molecule has 6 nitrogen and oxygen atoms in total. The Labute approximate surface area is 148 Å². The van der Waals surface area contributed by atoms with Gasteiger partial charge in [0.25, 0.3) is 0 Å². The number of benzene rings is 1. The molecule has 124 valence electrons. The topological polar surface area (TPSA) is 105 Å². The van der Waals surface area contributed by atoms with Crippen molar-refractivity contribution in [3.63, 3.8) is 0 Å². The third-order valence-electron chi connectivity index (χ3n) is 4.42. The molecule has 25 heavy (non-hydrogen) atoms. The fourth-order valence-electron chi connectivity index (χ4n) is 2.90. The molecule has 4 rings (SSSR count). The minimum atomic E-state index is -0.223. The van der Waals surface area contributed by atoms with E-state index in [2.05, 4.69) is 20.7 Å². The number of aromatic nitrogens is 2. The molecule has 0 bridgehead atoms. The number of aryl methyl sites for hydroxylation is 1. The van der Waals surface area contributed by atoms with Crippen LogP contribution in [0.4, 0.5) is 11.5 Å². The van der Waals surface area contributed by atoms with Gasteiger partial charge in [-0.25, -0.2) is 9.36 Å². The van der Waals surface area contributed by atoms with E-state index in [0.29, 0.717) is 17.9 Å². The summed E-state index contributed by atoms with van der Waals surface area (Å²) in [7, 11) is 0. The van der Waals surface area contributed by atoms with Gasteiger partial charge in [-0.2, -0.15) is 5.26 Å². The van der Waals surface area contributed by atoms with E-state index in [1.54, 1.807) is 6.20 Å². The van der Waals surface area contributed by atoms with Gasteiger partial charge in [-0.15, -0.1) is 0 Å². The van der Waals surface area contributed by atoms with Crippen LogP contribution in [0, 0.1) is 30.1 Å². The number of hydrogen-bond acceptors (Lipinski definition) is 6. The second-order valence-corrected chi connectivity index (χ2v) is 7.06. The zero-order valence-electron chi connectivity index (χ0n) is 13.5. The van der Waals surface area contributed by atoms with E-state index in [0.717, 1.165) is 26.8 Å². The van der Waals surface area contributed by atoms with Gasteiger partial charge < -0.3 is 11.1 Å². The Kier molecular flexibility index (Phi) is 3.62. The summed E-state index contributed by atoms with van der Waals surface area (Å²) in [5.41, 5.74) is 8.92. The molecular formula is C18H15N5OS.